The van der Waals surface area contributed by atoms with Gasteiger partial charge in [0.15, 0.2) is 0 Å². The number of hydrogen-bond acceptors (Lipinski definition) is 6. The number of nitrogens with zero attached hydrogens (tertiary/aromatic N) is 1. The number of nitro benzene ring substituents is 1. The van der Waals surface area contributed by atoms with Crippen molar-refractivity contribution in [1.82, 2.24) is 4.72 Å². The third kappa shape index (κ3) is 3.78. The smallest absolute Gasteiger partial charge is 0.292 e. The molecule has 1 aromatic heterocycles. The molecule has 0 bridgehead atoms. The van der Waals surface area contributed by atoms with Crippen molar-refractivity contribution in [1.29, 1.82) is 0 Å². The van der Waals surface area contributed by atoms with Gasteiger partial charge < -0.3 is 5.73 Å². The van der Waals surface area contributed by atoms with Gasteiger partial charge in [-0.25, -0.2) is 13.1 Å². The standard InChI is InChI=1S/C12H13N3O4S2/c13-11-7-10(1-2-12(11)15(16)17)21(18,19)14-5-3-9-4-6-20-8-9/h1-2,4,6-8,14H,3,5,13H2. The lowest BCUT2D eigenvalue weighted by molar-refractivity contribution is -0.383. The quantitative estimate of drug-likeness (QED) is 0.476. The number of nitro groups is 1. The van der Waals surface area contributed by atoms with Crippen molar-refractivity contribution in [2.45, 2.75) is 11.3 Å². The van der Waals surface area contributed by atoms with Crippen molar-refractivity contribution in [2.24, 2.45) is 0 Å². The zero-order valence-electron chi connectivity index (χ0n) is 10.9. The summed E-state index contributed by atoms with van der Waals surface area (Å²) in [4.78, 5) is 9.90. The van der Waals surface area contributed by atoms with Crippen LogP contribution in [0.1, 0.15) is 5.56 Å². The molecule has 0 aliphatic rings. The minimum atomic E-state index is -3.73. The van der Waals surface area contributed by atoms with E-state index in [1.54, 1.807) is 11.3 Å². The molecular formula is C12H13N3O4S2. The van der Waals surface area contributed by atoms with Gasteiger partial charge in [-0.2, -0.15) is 11.3 Å². The molecule has 0 spiro atoms. The third-order valence-electron chi connectivity index (χ3n) is 2.79. The number of nitrogens with one attached hydrogen (secondary N) is 1. The van der Waals surface area contributed by atoms with Gasteiger partial charge in [-0.3, -0.25) is 10.1 Å². The topological polar surface area (TPSA) is 115 Å². The largest absolute Gasteiger partial charge is 0.393 e. The van der Waals surface area contributed by atoms with Gasteiger partial charge >= 0.3 is 0 Å². The van der Waals surface area contributed by atoms with Crippen LogP contribution in [-0.4, -0.2) is 19.9 Å². The predicted molar refractivity (Wildman–Crippen MR) is 80.7 cm³/mol. The Kier molecular flexibility index (Phi) is 4.56. The zero-order valence-corrected chi connectivity index (χ0v) is 12.5. The predicted octanol–water partition coefficient (Wildman–Crippen LogP) is 1.76. The second-order valence-electron chi connectivity index (χ2n) is 4.26. The molecule has 0 unspecified atom stereocenters. The van der Waals surface area contributed by atoms with E-state index in [-0.39, 0.29) is 22.8 Å². The molecule has 0 radical (unpaired) electrons. The van der Waals surface area contributed by atoms with Gasteiger partial charge in [-0.05, 0) is 40.9 Å². The van der Waals surface area contributed by atoms with Gasteiger partial charge in [0.2, 0.25) is 10.0 Å². The van der Waals surface area contributed by atoms with E-state index in [9.17, 15) is 18.5 Å². The first-order chi connectivity index (χ1) is 9.90. The maximum atomic E-state index is 12.1. The maximum absolute atomic E-state index is 12.1. The van der Waals surface area contributed by atoms with E-state index in [1.807, 2.05) is 16.8 Å². The van der Waals surface area contributed by atoms with Crippen molar-refractivity contribution < 1.29 is 13.3 Å². The number of thiophene rings is 1. The number of nitrogens with two attached hydrogens (primary N) is 1. The Morgan fingerprint density at radius 2 is 2.10 bits per heavy atom. The highest BCUT2D eigenvalue weighted by molar-refractivity contribution is 7.89. The fraction of sp³-hybridized carbons (Fsp3) is 0.167. The molecule has 0 aliphatic carbocycles. The maximum Gasteiger partial charge on any atom is 0.292 e. The summed E-state index contributed by atoms with van der Waals surface area (Å²) in [5.41, 5.74) is 6.05. The summed E-state index contributed by atoms with van der Waals surface area (Å²) < 4.78 is 26.6. The monoisotopic (exact) mass is 327 g/mol. The summed E-state index contributed by atoms with van der Waals surface area (Å²) in [6.45, 7) is 0.246. The molecule has 1 aromatic carbocycles. The Balaban J connectivity index is 2.08. The first-order valence-corrected chi connectivity index (χ1v) is 8.37. The normalized spacial score (nSPS) is 11.4. The van der Waals surface area contributed by atoms with Gasteiger partial charge in [0.25, 0.3) is 5.69 Å². The minimum absolute atomic E-state index is 0.0871. The fourth-order valence-electron chi connectivity index (χ4n) is 1.71. The van der Waals surface area contributed by atoms with E-state index in [2.05, 4.69) is 4.72 Å². The van der Waals surface area contributed by atoms with Gasteiger partial charge in [0.05, 0.1) is 9.82 Å². The molecule has 0 aliphatic heterocycles. The summed E-state index contributed by atoms with van der Waals surface area (Å²) in [6.07, 6.45) is 0.575. The van der Waals surface area contributed by atoms with Gasteiger partial charge in [0.1, 0.15) is 5.69 Å². The Labute approximate surface area is 125 Å². The second kappa shape index (κ2) is 6.20. The molecule has 0 amide bonds. The van der Waals surface area contributed by atoms with Gasteiger partial charge in [-0.1, -0.05) is 0 Å². The molecule has 21 heavy (non-hydrogen) atoms. The minimum Gasteiger partial charge on any atom is -0.393 e. The molecule has 0 atom stereocenters. The van der Waals surface area contributed by atoms with Crippen molar-refractivity contribution in [3.63, 3.8) is 0 Å². The second-order valence-corrected chi connectivity index (χ2v) is 6.80. The van der Waals surface area contributed by atoms with Crippen LogP contribution in [-0.2, 0) is 16.4 Å². The zero-order chi connectivity index (χ0) is 15.5. The Hall–Kier alpha value is -1.97. The van der Waals surface area contributed by atoms with Crippen LogP contribution in [0, 0.1) is 10.1 Å². The van der Waals surface area contributed by atoms with Gasteiger partial charge in [0, 0.05) is 12.6 Å². The van der Waals surface area contributed by atoms with E-state index in [1.165, 1.54) is 6.07 Å². The summed E-state index contributed by atoms with van der Waals surface area (Å²) in [5.74, 6) is 0. The highest BCUT2D eigenvalue weighted by Gasteiger charge is 2.18. The lowest BCUT2D eigenvalue weighted by atomic mass is 10.2. The summed E-state index contributed by atoms with van der Waals surface area (Å²) in [5, 5.41) is 14.5. The number of rotatable bonds is 6. The van der Waals surface area contributed by atoms with E-state index < -0.39 is 14.9 Å². The Bertz CT molecular complexity index is 742. The molecule has 2 rings (SSSR count). The van der Waals surface area contributed by atoms with Crippen molar-refractivity contribution in [2.75, 3.05) is 12.3 Å². The van der Waals surface area contributed by atoms with Crippen LogP contribution in [0.2, 0.25) is 0 Å². The van der Waals surface area contributed by atoms with Crippen LogP contribution >= 0.6 is 11.3 Å². The Morgan fingerprint density at radius 1 is 1.33 bits per heavy atom. The molecule has 0 saturated carbocycles. The molecule has 0 saturated heterocycles. The van der Waals surface area contributed by atoms with Crippen LogP contribution < -0.4 is 10.5 Å². The molecule has 1 heterocycles. The number of anilines is 1. The SMILES string of the molecule is Nc1cc(S(=O)(=O)NCCc2ccsc2)ccc1[N+](=O)[O-]. The van der Waals surface area contributed by atoms with Crippen molar-refractivity contribution in [3.8, 4) is 0 Å². The van der Waals surface area contributed by atoms with E-state index in [0.29, 0.717) is 6.42 Å². The molecule has 9 heteroatoms. The molecular weight excluding hydrogens is 314 g/mol. The average molecular weight is 327 g/mol. The molecule has 3 N–H and O–H groups in total. The van der Waals surface area contributed by atoms with Crippen LogP contribution in [0.3, 0.4) is 0 Å². The lowest BCUT2D eigenvalue weighted by Gasteiger charge is -2.07. The number of sulfonamides is 1. The van der Waals surface area contributed by atoms with E-state index in [4.69, 9.17) is 5.73 Å². The molecule has 0 fully saturated rings. The first kappa shape index (κ1) is 15.4. The van der Waals surface area contributed by atoms with Crippen LogP contribution in [0.15, 0.2) is 39.9 Å². The number of benzene rings is 1. The highest BCUT2D eigenvalue weighted by atomic mass is 32.2. The lowest BCUT2D eigenvalue weighted by Crippen LogP contribution is -2.26. The summed E-state index contributed by atoms with van der Waals surface area (Å²) >= 11 is 1.54. The van der Waals surface area contributed by atoms with E-state index >= 15 is 0 Å². The highest BCUT2D eigenvalue weighted by Crippen LogP contribution is 2.24. The first-order valence-electron chi connectivity index (χ1n) is 5.95. The van der Waals surface area contributed by atoms with Crippen molar-refractivity contribution in [3.05, 3.63) is 50.7 Å². The summed E-state index contributed by atoms with van der Waals surface area (Å²) in [6, 6.07) is 5.26. The fourth-order valence-corrected chi connectivity index (χ4v) is 3.48. The van der Waals surface area contributed by atoms with Crippen molar-refractivity contribution >= 4 is 32.7 Å². The van der Waals surface area contributed by atoms with E-state index in [0.717, 1.165) is 17.7 Å². The van der Waals surface area contributed by atoms with Crippen LogP contribution in [0.25, 0.3) is 0 Å². The number of nitrogen functional groups attached to an aromatic ring is 1. The van der Waals surface area contributed by atoms with Crippen LogP contribution in [0.4, 0.5) is 11.4 Å². The average Bonchev–Trinajstić information content (AvgIpc) is 2.91. The third-order valence-corrected chi connectivity index (χ3v) is 4.98. The molecule has 112 valence electrons. The summed E-state index contributed by atoms with van der Waals surface area (Å²) in [7, 11) is -3.73. The molecule has 7 nitrogen and oxygen atoms in total. The van der Waals surface area contributed by atoms with Gasteiger partial charge in [-0.15, -0.1) is 0 Å². The molecule has 2 aromatic rings. The Morgan fingerprint density at radius 3 is 2.67 bits per heavy atom. The number of hydrogen-bond donors (Lipinski definition) is 2. The van der Waals surface area contributed by atoms with Crippen LogP contribution in [0.5, 0.6) is 0 Å².